The van der Waals surface area contributed by atoms with Crippen molar-refractivity contribution in [3.63, 3.8) is 0 Å². The van der Waals surface area contributed by atoms with E-state index >= 15 is 0 Å². The molecule has 1 amide bonds. The minimum atomic E-state index is -0.741. The third-order valence-corrected chi connectivity index (χ3v) is 5.00. The zero-order chi connectivity index (χ0) is 18.7. The third-order valence-electron chi connectivity index (χ3n) is 3.94. The average molecular weight is 379 g/mol. The highest BCUT2D eigenvalue weighted by atomic mass is 32.2. The number of primary amides is 1. The first-order chi connectivity index (χ1) is 12.3. The van der Waals surface area contributed by atoms with Gasteiger partial charge in [-0.1, -0.05) is 30.0 Å². The number of anilines is 1. The van der Waals surface area contributed by atoms with Crippen molar-refractivity contribution < 1.29 is 14.3 Å². The summed E-state index contributed by atoms with van der Waals surface area (Å²) in [5.74, 6) is -0.407. The molecule has 1 saturated heterocycles. The van der Waals surface area contributed by atoms with Crippen LogP contribution in [0.2, 0.25) is 0 Å². The predicted molar refractivity (Wildman–Crippen MR) is 102 cm³/mol. The number of amides is 1. The number of rotatable bonds is 5. The van der Waals surface area contributed by atoms with Crippen LogP contribution in [0, 0.1) is 0 Å². The van der Waals surface area contributed by atoms with Crippen molar-refractivity contribution in [3.05, 3.63) is 30.3 Å². The Balaban J connectivity index is 1.63. The molecule has 0 saturated carbocycles. The zero-order valence-corrected chi connectivity index (χ0v) is 16.0. The van der Waals surface area contributed by atoms with Crippen LogP contribution < -0.4 is 16.3 Å². The summed E-state index contributed by atoms with van der Waals surface area (Å²) in [6.45, 7) is 3.72. The fourth-order valence-electron chi connectivity index (χ4n) is 3.06. The number of hydrazine groups is 2. The lowest BCUT2D eigenvalue weighted by Crippen LogP contribution is -2.47. The van der Waals surface area contributed by atoms with Crippen LogP contribution in [0.15, 0.2) is 35.4 Å². The monoisotopic (exact) mass is 379 g/mol. The number of amidine groups is 1. The minimum absolute atomic E-state index is 0.0562. The van der Waals surface area contributed by atoms with Crippen LogP contribution >= 0.6 is 11.8 Å². The summed E-state index contributed by atoms with van der Waals surface area (Å²) in [6, 6.07) is 9.97. The number of para-hydroxylation sites is 1. The van der Waals surface area contributed by atoms with Crippen molar-refractivity contribution in [1.29, 1.82) is 0 Å². The van der Waals surface area contributed by atoms with Crippen LogP contribution in [0.3, 0.4) is 0 Å². The molecular formula is C17H25N5O3S. The van der Waals surface area contributed by atoms with Crippen molar-refractivity contribution in [2.45, 2.75) is 44.7 Å². The van der Waals surface area contributed by atoms with Crippen LogP contribution in [0.25, 0.3) is 0 Å². The number of hydrogen-bond acceptors (Lipinski definition) is 8. The van der Waals surface area contributed by atoms with Crippen LogP contribution in [-0.4, -0.2) is 47.0 Å². The standard InChI is InChI=1S/C17H25N5O3S/c1-17(2)24-13(10-15(18)23)9-14(25-17)11-26-16-19-21(3)20-22(16)12-7-5-4-6-8-12/h4-8,13-14,20H,9-11H2,1-3H3,(H2,18,23)/t13-,14+/m1/s1. The topological polar surface area (TPSA) is 92.4 Å². The fraction of sp³-hybridized carbons (Fsp3) is 0.529. The molecule has 1 aromatic carbocycles. The van der Waals surface area contributed by atoms with E-state index in [1.807, 2.05) is 56.2 Å². The molecule has 0 aromatic heterocycles. The molecule has 0 unspecified atom stereocenters. The average Bonchev–Trinajstić information content (AvgIpc) is 2.92. The molecule has 0 aliphatic carbocycles. The molecule has 3 N–H and O–H groups in total. The highest BCUT2D eigenvalue weighted by molar-refractivity contribution is 8.14. The van der Waals surface area contributed by atoms with E-state index < -0.39 is 5.79 Å². The summed E-state index contributed by atoms with van der Waals surface area (Å²) < 4.78 is 11.8. The molecule has 2 aliphatic heterocycles. The first-order valence-electron chi connectivity index (χ1n) is 8.53. The lowest BCUT2D eigenvalue weighted by Gasteiger charge is -2.40. The van der Waals surface area contributed by atoms with Crippen LogP contribution in [-0.2, 0) is 14.3 Å². The number of nitrogens with one attached hydrogen (secondary N) is 1. The Labute approximate surface area is 157 Å². The molecule has 8 nitrogen and oxygen atoms in total. The van der Waals surface area contributed by atoms with Gasteiger partial charge in [-0.2, -0.15) is 0 Å². The number of ether oxygens (including phenoxy) is 2. The summed E-state index contributed by atoms with van der Waals surface area (Å²) in [6.07, 6.45) is 0.550. The van der Waals surface area contributed by atoms with Gasteiger partial charge in [-0.3, -0.25) is 4.79 Å². The number of thioether (sulfide) groups is 1. The Morgan fingerprint density at radius 1 is 1.35 bits per heavy atom. The minimum Gasteiger partial charge on any atom is -0.370 e. The van der Waals surface area contributed by atoms with E-state index in [9.17, 15) is 4.79 Å². The van der Waals surface area contributed by atoms with Crippen molar-refractivity contribution in [1.82, 2.24) is 10.7 Å². The van der Waals surface area contributed by atoms with E-state index in [-0.39, 0.29) is 24.5 Å². The SMILES string of the molecule is CN1N=C(SC[C@@H]2C[C@H](CC(N)=O)OC(C)(C)O2)N(c2ccccc2)N1. The summed E-state index contributed by atoms with van der Waals surface area (Å²) in [5, 5.41) is 8.93. The van der Waals surface area contributed by atoms with E-state index in [0.717, 1.165) is 10.9 Å². The molecule has 0 radical (unpaired) electrons. The van der Waals surface area contributed by atoms with E-state index in [0.29, 0.717) is 12.2 Å². The van der Waals surface area contributed by atoms with Gasteiger partial charge in [-0.15, -0.1) is 10.6 Å². The third kappa shape index (κ3) is 4.88. The molecular weight excluding hydrogens is 354 g/mol. The van der Waals surface area contributed by atoms with Crippen molar-refractivity contribution in [3.8, 4) is 0 Å². The molecule has 3 rings (SSSR count). The van der Waals surface area contributed by atoms with E-state index in [1.165, 1.54) is 0 Å². The highest BCUT2D eigenvalue weighted by Crippen LogP contribution is 2.31. The summed E-state index contributed by atoms with van der Waals surface area (Å²) >= 11 is 1.59. The van der Waals surface area contributed by atoms with Gasteiger partial charge in [0.05, 0.1) is 24.3 Å². The molecule has 2 heterocycles. The molecule has 26 heavy (non-hydrogen) atoms. The van der Waals surface area contributed by atoms with Crippen LogP contribution in [0.5, 0.6) is 0 Å². The van der Waals surface area contributed by atoms with Gasteiger partial charge in [0.1, 0.15) is 0 Å². The van der Waals surface area contributed by atoms with Crippen molar-refractivity contribution in [2.75, 3.05) is 17.8 Å². The number of carbonyl (C=O) groups excluding carboxylic acids is 1. The van der Waals surface area contributed by atoms with Gasteiger partial charge in [0.25, 0.3) is 0 Å². The zero-order valence-electron chi connectivity index (χ0n) is 15.2. The molecule has 2 aliphatic rings. The normalized spacial score (nSPS) is 25.3. The lowest BCUT2D eigenvalue weighted by molar-refractivity contribution is -0.294. The molecule has 1 fully saturated rings. The van der Waals surface area contributed by atoms with Crippen molar-refractivity contribution in [2.24, 2.45) is 10.8 Å². The van der Waals surface area contributed by atoms with Gasteiger partial charge < -0.3 is 15.2 Å². The molecule has 9 heteroatoms. The number of nitrogens with zero attached hydrogens (tertiary/aromatic N) is 3. The summed E-state index contributed by atoms with van der Waals surface area (Å²) in [7, 11) is 1.85. The van der Waals surface area contributed by atoms with Gasteiger partial charge in [0.2, 0.25) is 11.1 Å². The number of hydrazone groups is 1. The van der Waals surface area contributed by atoms with Gasteiger partial charge in [-0.25, -0.2) is 10.1 Å². The Morgan fingerprint density at radius 3 is 2.73 bits per heavy atom. The Morgan fingerprint density at radius 2 is 2.04 bits per heavy atom. The second-order valence-electron chi connectivity index (χ2n) is 6.77. The Bertz CT molecular complexity index is 670. The molecule has 0 spiro atoms. The Hall–Kier alpha value is -1.81. The van der Waals surface area contributed by atoms with E-state index in [1.54, 1.807) is 16.9 Å². The van der Waals surface area contributed by atoms with E-state index in [4.69, 9.17) is 15.2 Å². The van der Waals surface area contributed by atoms with Crippen LogP contribution in [0.4, 0.5) is 5.69 Å². The molecule has 1 aromatic rings. The number of carbonyl (C=O) groups is 1. The molecule has 0 bridgehead atoms. The quantitative estimate of drug-likeness (QED) is 0.803. The van der Waals surface area contributed by atoms with E-state index in [2.05, 4.69) is 10.6 Å². The number of hydrogen-bond donors (Lipinski definition) is 2. The predicted octanol–water partition coefficient (Wildman–Crippen LogP) is 1.65. The smallest absolute Gasteiger partial charge is 0.220 e. The lowest BCUT2D eigenvalue weighted by atomic mass is 10.1. The van der Waals surface area contributed by atoms with Gasteiger partial charge in [0.15, 0.2) is 5.79 Å². The maximum Gasteiger partial charge on any atom is 0.220 e. The second-order valence-corrected chi connectivity index (χ2v) is 7.76. The van der Waals surface area contributed by atoms with Gasteiger partial charge >= 0.3 is 0 Å². The van der Waals surface area contributed by atoms with Gasteiger partial charge in [-0.05, 0) is 26.0 Å². The second kappa shape index (κ2) is 7.83. The highest BCUT2D eigenvalue weighted by Gasteiger charge is 2.36. The maximum atomic E-state index is 11.2. The number of benzene rings is 1. The van der Waals surface area contributed by atoms with Gasteiger partial charge in [0, 0.05) is 19.2 Å². The van der Waals surface area contributed by atoms with Crippen LogP contribution in [0.1, 0.15) is 26.7 Å². The molecule has 142 valence electrons. The molecule has 2 atom stereocenters. The maximum absolute atomic E-state index is 11.2. The largest absolute Gasteiger partial charge is 0.370 e. The first-order valence-corrected chi connectivity index (χ1v) is 9.51. The summed E-state index contributed by atoms with van der Waals surface area (Å²) in [4.78, 5) is 11.2. The first kappa shape index (κ1) is 19.0. The fourth-order valence-corrected chi connectivity index (χ4v) is 4.06. The number of nitrogens with two attached hydrogens (primary N) is 1. The summed E-state index contributed by atoms with van der Waals surface area (Å²) in [5.41, 5.74) is 9.50. The van der Waals surface area contributed by atoms with Crippen molar-refractivity contribution >= 4 is 28.5 Å². The Kier molecular flexibility index (Phi) is 5.71.